The topological polar surface area (TPSA) is 29.4 Å². The summed E-state index contributed by atoms with van der Waals surface area (Å²) in [5, 5.41) is 0. The van der Waals surface area contributed by atoms with Crippen LogP contribution in [0.3, 0.4) is 0 Å². The molecule has 0 N–H and O–H groups in total. The first kappa shape index (κ1) is 45.1. The van der Waals surface area contributed by atoms with Crippen LogP contribution < -0.4 is 0 Å². The maximum atomic E-state index is 13.9. The molecule has 1 unspecified atom stereocenters. The van der Waals surface area contributed by atoms with E-state index < -0.39 is 0 Å². The SMILES string of the molecule is CCCCCCCCCCCCCCCC[N+]1(C(=O)CCCCCCCCCC)C=CN=C1CCCCCCCCCCCCCCC. The number of amidine groups is 1. The second-order valence-electron chi connectivity index (χ2n) is 15.6. The summed E-state index contributed by atoms with van der Waals surface area (Å²) >= 11 is 0. The Morgan fingerprint density at radius 3 is 1.12 bits per heavy atom. The van der Waals surface area contributed by atoms with Gasteiger partial charge in [-0.2, -0.15) is 4.48 Å². The van der Waals surface area contributed by atoms with Crippen molar-refractivity contribution in [2.75, 3.05) is 6.54 Å². The quantitative estimate of drug-likeness (QED) is 0.0474. The largest absolute Gasteiger partial charge is 0.324 e. The second-order valence-corrected chi connectivity index (χ2v) is 15.6. The molecule has 0 bridgehead atoms. The van der Waals surface area contributed by atoms with Crippen LogP contribution >= 0.6 is 0 Å². The molecule has 1 aliphatic rings. The van der Waals surface area contributed by atoms with Crippen molar-refractivity contribution in [1.82, 2.24) is 0 Å². The van der Waals surface area contributed by atoms with Crippen molar-refractivity contribution in [2.45, 2.75) is 258 Å². The van der Waals surface area contributed by atoms with E-state index in [0.717, 1.165) is 38.1 Å². The molecule has 0 aromatic rings. The average molecular weight is 672 g/mol. The van der Waals surface area contributed by atoms with Gasteiger partial charge in [-0.3, -0.25) is 0 Å². The molecule has 0 spiro atoms. The molecule has 0 radical (unpaired) electrons. The number of hydrogen-bond acceptors (Lipinski definition) is 2. The molecule has 3 heteroatoms. The first-order chi connectivity index (χ1) is 23.7. The maximum Gasteiger partial charge on any atom is 0.324 e. The molecule has 0 saturated carbocycles. The fraction of sp³-hybridized carbons (Fsp3) is 0.911. The van der Waals surface area contributed by atoms with Crippen molar-refractivity contribution in [3.8, 4) is 0 Å². The number of amides is 1. The number of aliphatic imine (C=N–C) groups is 1. The highest BCUT2D eigenvalue weighted by molar-refractivity contribution is 5.90. The van der Waals surface area contributed by atoms with Crippen molar-refractivity contribution in [1.29, 1.82) is 0 Å². The van der Waals surface area contributed by atoms with Gasteiger partial charge in [0, 0.05) is 6.42 Å². The molecule has 0 saturated heterocycles. The molecule has 3 nitrogen and oxygen atoms in total. The summed E-state index contributed by atoms with van der Waals surface area (Å²) in [5.74, 6) is 1.57. The number of carbonyl (C=O) groups excluding carboxylic acids is 1. The van der Waals surface area contributed by atoms with E-state index in [1.165, 1.54) is 212 Å². The predicted octanol–water partition coefficient (Wildman–Crippen LogP) is 15.7. The van der Waals surface area contributed by atoms with Crippen LogP contribution in [0.5, 0.6) is 0 Å². The highest BCUT2D eigenvalue weighted by Gasteiger charge is 2.41. The van der Waals surface area contributed by atoms with E-state index in [1.54, 1.807) is 0 Å². The van der Waals surface area contributed by atoms with Gasteiger partial charge in [-0.05, 0) is 25.7 Å². The van der Waals surface area contributed by atoms with Crippen LogP contribution in [-0.4, -0.2) is 22.8 Å². The Morgan fingerprint density at radius 1 is 0.438 bits per heavy atom. The lowest BCUT2D eigenvalue weighted by Gasteiger charge is -2.30. The fourth-order valence-corrected chi connectivity index (χ4v) is 7.71. The molecule has 1 atom stereocenters. The lowest BCUT2D eigenvalue weighted by molar-refractivity contribution is -0.708. The maximum absolute atomic E-state index is 13.9. The molecule has 48 heavy (non-hydrogen) atoms. The van der Waals surface area contributed by atoms with Gasteiger partial charge in [-0.1, -0.05) is 220 Å². The molecule has 282 valence electrons. The second kappa shape index (κ2) is 34.5. The first-order valence-corrected chi connectivity index (χ1v) is 22.4. The Morgan fingerprint density at radius 2 is 0.750 bits per heavy atom. The van der Waals surface area contributed by atoms with E-state index in [4.69, 9.17) is 4.99 Å². The number of rotatable bonds is 38. The van der Waals surface area contributed by atoms with Gasteiger partial charge in [-0.15, -0.1) is 0 Å². The number of quaternary nitrogens is 1. The zero-order chi connectivity index (χ0) is 34.6. The van der Waals surface area contributed by atoms with E-state index in [2.05, 4.69) is 27.0 Å². The monoisotopic (exact) mass is 672 g/mol. The van der Waals surface area contributed by atoms with Gasteiger partial charge in [0.1, 0.15) is 6.20 Å². The molecule has 0 aromatic heterocycles. The third-order valence-corrected chi connectivity index (χ3v) is 11.1. The van der Waals surface area contributed by atoms with Crippen LogP contribution in [-0.2, 0) is 4.79 Å². The lowest BCUT2D eigenvalue weighted by atomic mass is 10.0. The van der Waals surface area contributed by atoms with E-state index in [1.807, 2.05) is 6.20 Å². The smallest absolute Gasteiger partial charge is 0.230 e. The molecule has 1 amide bonds. The Kier molecular flexibility index (Phi) is 32.4. The van der Waals surface area contributed by atoms with E-state index in [-0.39, 0.29) is 0 Å². The zero-order valence-electron chi connectivity index (χ0n) is 33.3. The van der Waals surface area contributed by atoms with Crippen molar-refractivity contribution in [2.24, 2.45) is 4.99 Å². The number of unbranched alkanes of at least 4 members (excludes halogenated alkanes) is 32. The van der Waals surface area contributed by atoms with E-state index in [0.29, 0.717) is 10.4 Å². The number of nitrogens with zero attached hydrogens (tertiary/aromatic N) is 2. The minimum absolute atomic E-state index is 0.415. The Labute approximate surface area is 302 Å². The standard InChI is InChI=1S/C45H87N2O/c1-4-7-10-13-16-19-21-23-25-27-29-32-35-38-42-47(45(48)40-37-34-31-18-15-12-9-6-3)43-41-46-44(47)39-36-33-30-28-26-24-22-20-17-14-11-8-5-2/h41,43H,4-40,42H2,1-3H3/q+1. The summed E-state index contributed by atoms with van der Waals surface area (Å²) in [6, 6.07) is 0. The van der Waals surface area contributed by atoms with Crippen LogP contribution in [0.4, 0.5) is 0 Å². The highest BCUT2D eigenvalue weighted by Crippen LogP contribution is 2.26. The van der Waals surface area contributed by atoms with Gasteiger partial charge in [-0.25, -0.2) is 9.79 Å². The molecule has 0 fully saturated rings. The van der Waals surface area contributed by atoms with E-state index in [9.17, 15) is 4.79 Å². The van der Waals surface area contributed by atoms with Gasteiger partial charge in [0.25, 0.3) is 0 Å². The molecule has 1 rings (SSSR count). The average Bonchev–Trinajstić information content (AvgIpc) is 3.51. The van der Waals surface area contributed by atoms with Gasteiger partial charge in [0.15, 0.2) is 0 Å². The van der Waals surface area contributed by atoms with Crippen LogP contribution in [0.1, 0.15) is 258 Å². The fourth-order valence-electron chi connectivity index (χ4n) is 7.71. The van der Waals surface area contributed by atoms with Crippen LogP contribution in [0, 0.1) is 0 Å². The molecule has 1 heterocycles. The van der Waals surface area contributed by atoms with Gasteiger partial charge in [0.2, 0.25) is 5.84 Å². The number of carbonyl (C=O) groups is 1. The Balaban J connectivity index is 2.36. The Bertz CT molecular complexity index is 758. The molecule has 0 aromatic carbocycles. The summed E-state index contributed by atoms with van der Waals surface area (Å²) in [5.41, 5.74) is 0. The molecular weight excluding hydrogens is 585 g/mol. The van der Waals surface area contributed by atoms with Gasteiger partial charge >= 0.3 is 5.91 Å². The minimum Gasteiger partial charge on any atom is -0.230 e. The van der Waals surface area contributed by atoms with E-state index >= 15 is 0 Å². The summed E-state index contributed by atoms with van der Waals surface area (Å²) in [4.78, 5) is 18.8. The third kappa shape index (κ3) is 24.2. The van der Waals surface area contributed by atoms with Gasteiger partial charge < -0.3 is 0 Å². The summed E-state index contributed by atoms with van der Waals surface area (Å²) in [7, 11) is 0. The summed E-state index contributed by atoms with van der Waals surface area (Å²) < 4.78 is 0.451. The lowest BCUT2D eigenvalue weighted by Crippen LogP contribution is -2.52. The van der Waals surface area contributed by atoms with Crippen LogP contribution in [0.25, 0.3) is 0 Å². The van der Waals surface area contributed by atoms with Gasteiger partial charge in [0.05, 0.1) is 19.2 Å². The minimum atomic E-state index is 0.415. The van der Waals surface area contributed by atoms with Crippen LogP contribution in [0.15, 0.2) is 17.4 Å². The summed E-state index contributed by atoms with van der Waals surface area (Å²) in [6.45, 7) is 7.81. The summed E-state index contributed by atoms with van der Waals surface area (Å²) in [6.07, 6.45) is 53.2. The highest BCUT2D eigenvalue weighted by atomic mass is 16.2. The van der Waals surface area contributed by atoms with Crippen molar-refractivity contribution in [3.05, 3.63) is 12.4 Å². The van der Waals surface area contributed by atoms with Crippen LogP contribution in [0.2, 0.25) is 0 Å². The van der Waals surface area contributed by atoms with Crippen molar-refractivity contribution in [3.63, 3.8) is 0 Å². The molecular formula is C45H87N2O+. The normalized spacial score (nSPS) is 15.9. The molecule has 1 aliphatic heterocycles. The Hall–Kier alpha value is -0.960. The third-order valence-electron chi connectivity index (χ3n) is 11.1. The zero-order valence-corrected chi connectivity index (χ0v) is 33.3. The molecule has 0 aliphatic carbocycles. The predicted molar refractivity (Wildman–Crippen MR) is 215 cm³/mol. The van der Waals surface area contributed by atoms with Crippen molar-refractivity contribution >= 4 is 11.7 Å². The van der Waals surface area contributed by atoms with Crippen molar-refractivity contribution < 1.29 is 9.28 Å². The first-order valence-electron chi connectivity index (χ1n) is 22.4. The number of hydrogen-bond donors (Lipinski definition) is 0.